The minimum absolute atomic E-state index is 0.109. The monoisotopic (exact) mass is 175 g/mol. The van der Waals surface area contributed by atoms with E-state index in [4.69, 9.17) is 5.73 Å². The second-order valence-electron chi connectivity index (χ2n) is 3.12. The van der Waals surface area contributed by atoms with Crippen LogP contribution >= 0.6 is 0 Å². The highest BCUT2D eigenvalue weighted by molar-refractivity contribution is 6.05. The zero-order valence-electron chi connectivity index (χ0n) is 7.04. The predicted octanol–water partition coefficient (Wildman–Crippen LogP) is 0.914. The lowest BCUT2D eigenvalue weighted by Crippen LogP contribution is -2.13. The maximum atomic E-state index is 11.3. The van der Waals surface area contributed by atoms with Crippen LogP contribution in [0.2, 0.25) is 0 Å². The van der Waals surface area contributed by atoms with Crippen molar-refractivity contribution in [3.8, 4) is 0 Å². The summed E-state index contributed by atoms with van der Waals surface area (Å²) in [5.41, 5.74) is 7.15. The Morgan fingerprint density at radius 2 is 2.08 bits per heavy atom. The number of amides is 1. The molecule has 1 amide bonds. The number of carbonyl (C=O) groups is 2. The highest BCUT2D eigenvalue weighted by Crippen LogP contribution is 2.24. The molecule has 0 saturated carbocycles. The minimum Gasteiger partial charge on any atom is -0.366 e. The van der Waals surface area contributed by atoms with Gasteiger partial charge in [0, 0.05) is 17.5 Å². The van der Waals surface area contributed by atoms with Gasteiger partial charge in [-0.15, -0.1) is 0 Å². The number of primary amides is 1. The predicted molar refractivity (Wildman–Crippen MR) is 47.6 cm³/mol. The van der Waals surface area contributed by atoms with Crippen LogP contribution in [-0.4, -0.2) is 11.7 Å². The minimum atomic E-state index is -0.452. The summed E-state index contributed by atoms with van der Waals surface area (Å²) in [7, 11) is 0. The van der Waals surface area contributed by atoms with E-state index in [9.17, 15) is 9.59 Å². The first-order valence-corrected chi connectivity index (χ1v) is 4.15. The molecular weight excluding hydrogens is 166 g/mol. The van der Waals surface area contributed by atoms with Gasteiger partial charge in [-0.3, -0.25) is 9.59 Å². The van der Waals surface area contributed by atoms with Crippen molar-refractivity contribution in [1.29, 1.82) is 0 Å². The summed E-state index contributed by atoms with van der Waals surface area (Å²) in [5.74, 6) is -0.343. The quantitative estimate of drug-likeness (QED) is 0.689. The highest BCUT2D eigenvalue weighted by Gasteiger charge is 2.23. The molecular formula is C10H9NO2. The van der Waals surface area contributed by atoms with Crippen LogP contribution in [0.5, 0.6) is 0 Å². The summed E-state index contributed by atoms with van der Waals surface area (Å²) < 4.78 is 0. The van der Waals surface area contributed by atoms with E-state index in [2.05, 4.69) is 0 Å². The molecule has 1 aromatic rings. The summed E-state index contributed by atoms with van der Waals surface area (Å²) in [5, 5.41) is 0. The molecule has 0 atom stereocenters. The molecule has 66 valence electrons. The molecule has 1 aliphatic rings. The molecule has 0 radical (unpaired) electrons. The third-order valence-corrected chi connectivity index (χ3v) is 2.34. The molecule has 2 rings (SSSR count). The molecule has 0 unspecified atom stereocenters. The highest BCUT2D eigenvalue weighted by atomic mass is 16.1. The molecule has 0 fully saturated rings. The molecule has 0 aromatic heterocycles. The lowest BCUT2D eigenvalue weighted by molar-refractivity contribution is 0.0990. The number of ketones is 1. The van der Waals surface area contributed by atoms with Crippen LogP contribution in [0, 0.1) is 0 Å². The Hall–Kier alpha value is -1.64. The Labute approximate surface area is 75.5 Å². The Morgan fingerprint density at radius 1 is 1.31 bits per heavy atom. The van der Waals surface area contributed by atoms with Gasteiger partial charge < -0.3 is 5.73 Å². The van der Waals surface area contributed by atoms with Gasteiger partial charge in [-0.2, -0.15) is 0 Å². The fourth-order valence-electron chi connectivity index (χ4n) is 1.72. The number of hydrogen-bond donors (Lipinski definition) is 1. The smallest absolute Gasteiger partial charge is 0.249 e. The fourth-order valence-corrected chi connectivity index (χ4v) is 1.72. The van der Waals surface area contributed by atoms with Gasteiger partial charge in [0.15, 0.2) is 5.78 Å². The van der Waals surface area contributed by atoms with E-state index < -0.39 is 5.91 Å². The standard InChI is InChI=1S/C10H9NO2/c11-10(13)8-3-1-2-7-6(8)4-5-9(7)12/h1-3H,4-5H2,(H2,11,13). The molecule has 3 nitrogen and oxygen atoms in total. The van der Waals surface area contributed by atoms with Crippen molar-refractivity contribution in [2.75, 3.05) is 0 Å². The van der Waals surface area contributed by atoms with Gasteiger partial charge in [0.05, 0.1) is 0 Å². The van der Waals surface area contributed by atoms with Gasteiger partial charge in [0.2, 0.25) is 5.91 Å². The third kappa shape index (κ3) is 1.13. The van der Waals surface area contributed by atoms with E-state index in [1.54, 1.807) is 18.2 Å². The molecule has 2 N–H and O–H groups in total. The number of hydrogen-bond acceptors (Lipinski definition) is 2. The van der Waals surface area contributed by atoms with Gasteiger partial charge in [0.1, 0.15) is 0 Å². The summed E-state index contributed by atoms with van der Waals surface area (Å²) in [6.45, 7) is 0. The van der Waals surface area contributed by atoms with Crippen LogP contribution < -0.4 is 5.73 Å². The summed E-state index contributed by atoms with van der Waals surface area (Å²) in [4.78, 5) is 22.3. The zero-order valence-corrected chi connectivity index (χ0v) is 7.04. The van der Waals surface area contributed by atoms with Crippen molar-refractivity contribution >= 4 is 11.7 Å². The Kier molecular flexibility index (Phi) is 1.65. The lowest BCUT2D eigenvalue weighted by atomic mass is 10.0. The van der Waals surface area contributed by atoms with Crippen molar-refractivity contribution in [2.24, 2.45) is 5.73 Å². The number of carbonyl (C=O) groups excluding carboxylic acids is 2. The normalized spacial score (nSPS) is 14.3. The van der Waals surface area contributed by atoms with Crippen molar-refractivity contribution in [3.63, 3.8) is 0 Å². The molecule has 3 heteroatoms. The third-order valence-electron chi connectivity index (χ3n) is 2.34. The van der Waals surface area contributed by atoms with Crippen molar-refractivity contribution < 1.29 is 9.59 Å². The van der Waals surface area contributed by atoms with Crippen LogP contribution in [0.3, 0.4) is 0 Å². The zero-order chi connectivity index (χ0) is 9.42. The Bertz CT molecular complexity index is 396. The second kappa shape index (κ2) is 2.69. The molecule has 0 heterocycles. The van der Waals surface area contributed by atoms with Crippen LogP contribution in [0.15, 0.2) is 18.2 Å². The topological polar surface area (TPSA) is 60.2 Å². The number of benzene rings is 1. The van der Waals surface area contributed by atoms with E-state index in [0.717, 1.165) is 5.56 Å². The fraction of sp³-hybridized carbons (Fsp3) is 0.200. The maximum Gasteiger partial charge on any atom is 0.249 e. The van der Waals surface area contributed by atoms with Crippen LogP contribution in [-0.2, 0) is 6.42 Å². The molecule has 0 saturated heterocycles. The first-order valence-electron chi connectivity index (χ1n) is 4.15. The molecule has 13 heavy (non-hydrogen) atoms. The summed E-state index contributed by atoms with van der Waals surface area (Å²) >= 11 is 0. The summed E-state index contributed by atoms with van der Waals surface area (Å²) in [6.07, 6.45) is 1.15. The van der Waals surface area contributed by atoms with Gasteiger partial charge in [-0.25, -0.2) is 0 Å². The summed E-state index contributed by atoms with van der Waals surface area (Å²) in [6, 6.07) is 5.11. The van der Waals surface area contributed by atoms with E-state index in [1.165, 1.54) is 0 Å². The van der Waals surface area contributed by atoms with Gasteiger partial charge >= 0.3 is 0 Å². The van der Waals surface area contributed by atoms with Crippen molar-refractivity contribution in [1.82, 2.24) is 0 Å². The van der Waals surface area contributed by atoms with Crippen LogP contribution in [0.4, 0.5) is 0 Å². The number of rotatable bonds is 1. The largest absolute Gasteiger partial charge is 0.366 e. The van der Waals surface area contributed by atoms with Gasteiger partial charge in [-0.05, 0) is 18.1 Å². The Morgan fingerprint density at radius 3 is 2.77 bits per heavy atom. The SMILES string of the molecule is NC(=O)c1cccc2c1CCC2=O. The molecule has 0 spiro atoms. The lowest BCUT2D eigenvalue weighted by Gasteiger charge is -2.02. The van der Waals surface area contributed by atoms with Crippen LogP contribution in [0.1, 0.15) is 32.7 Å². The number of nitrogens with two attached hydrogens (primary N) is 1. The van der Waals surface area contributed by atoms with Crippen molar-refractivity contribution in [3.05, 3.63) is 34.9 Å². The molecule has 0 aliphatic heterocycles. The van der Waals surface area contributed by atoms with Crippen molar-refractivity contribution in [2.45, 2.75) is 12.8 Å². The Balaban J connectivity index is 2.63. The average molecular weight is 175 g/mol. The second-order valence-corrected chi connectivity index (χ2v) is 3.12. The average Bonchev–Trinajstić information content (AvgIpc) is 2.48. The van der Waals surface area contributed by atoms with Gasteiger partial charge in [-0.1, -0.05) is 12.1 Å². The van der Waals surface area contributed by atoms with Gasteiger partial charge in [0.25, 0.3) is 0 Å². The number of Topliss-reactive ketones (excluding diaryl/α,β-unsaturated/α-hetero) is 1. The van der Waals surface area contributed by atoms with E-state index in [1.807, 2.05) is 0 Å². The first-order chi connectivity index (χ1) is 6.20. The molecule has 0 bridgehead atoms. The van der Waals surface area contributed by atoms with E-state index >= 15 is 0 Å². The first kappa shape index (κ1) is 7.98. The number of fused-ring (bicyclic) bond motifs is 1. The van der Waals surface area contributed by atoms with Crippen LogP contribution in [0.25, 0.3) is 0 Å². The van der Waals surface area contributed by atoms with E-state index in [-0.39, 0.29) is 5.78 Å². The molecule has 1 aromatic carbocycles. The van der Waals surface area contributed by atoms with E-state index in [0.29, 0.717) is 24.0 Å². The molecule has 1 aliphatic carbocycles. The maximum absolute atomic E-state index is 11.3.